The van der Waals surface area contributed by atoms with Crippen molar-refractivity contribution < 1.29 is 4.39 Å². The predicted molar refractivity (Wildman–Crippen MR) is 51.3 cm³/mol. The van der Waals surface area contributed by atoms with Gasteiger partial charge in [0.2, 0.25) is 5.95 Å². The van der Waals surface area contributed by atoms with Gasteiger partial charge in [0.05, 0.1) is 0 Å². The summed E-state index contributed by atoms with van der Waals surface area (Å²) in [5.74, 6) is -0.478. The van der Waals surface area contributed by atoms with Crippen LogP contribution in [0.4, 0.5) is 4.39 Å². The maximum atomic E-state index is 13.0. The minimum atomic E-state index is -0.478. The van der Waals surface area contributed by atoms with Gasteiger partial charge in [0.1, 0.15) is 0 Å². The maximum absolute atomic E-state index is 13.0. The number of hydrogen-bond acceptors (Lipinski definition) is 1. The van der Waals surface area contributed by atoms with Gasteiger partial charge in [-0.2, -0.15) is 4.39 Å². The van der Waals surface area contributed by atoms with Gasteiger partial charge in [-0.05, 0) is 12.5 Å². The summed E-state index contributed by atoms with van der Waals surface area (Å²) in [7, 11) is 0. The molecule has 0 saturated carbocycles. The lowest BCUT2D eigenvalue weighted by Gasteiger charge is -2.05. The number of alkyl halides is 1. The van der Waals surface area contributed by atoms with Crippen molar-refractivity contribution in [1.82, 2.24) is 4.98 Å². The maximum Gasteiger partial charge on any atom is 0.217 e. The Labute approximate surface area is 84.1 Å². The topological polar surface area (TPSA) is 12.9 Å². The van der Waals surface area contributed by atoms with Crippen LogP contribution in [-0.2, 0) is 6.42 Å². The molecule has 1 aromatic rings. The summed E-state index contributed by atoms with van der Waals surface area (Å²) < 4.78 is 13.0. The molecule has 0 radical (unpaired) electrons. The lowest BCUT2D eigenvalue weighted by molar-refractivity contribution is 0.566. The fourth-order valence-corrected chi connectivity index (χ4v) is 1.44. The quantitative estimate of drug-likeness (QED) is 0.582. The molecule has 0 bridgehead atoms. The van der Waals surface area contributed by atoms with Gasteiger partial charge in [0.15, 0.2) is 0 Å². The third kappa shape index (κ3) is 2.42. The molecule has 0 aliphatic heterocycles. The summed E-state index contributed by atoms with van der Waals surface area (Å²) >= 11 is 9.10. The molecule has 0 spiro atoms. The summed E-state index contributed by atoms with van der Waals surface area (Å²) in [5, 5.41) is 0.439. The molecule has 0 amide bonds. The number of aromatic nitrogens is 1. The van der Waals surface area contributed by atoms with E-state index in [1.165, 1.54) is 6.20 Å². The first-order valence-corrected chi connectivity index (χ1v) is 4.83. The number of halogens is 3. The van der Waals surface area contributed by atoms with E-state index >= 15 is 0 Å². The molecule has 0 aliphatic carbocycles. The Morgan fingerprint density at radius 2 is 2.42 bits per heavy atom. The molecular formula is C8H8BrClFN. The Morgan fingerprint density at radius 1 is 1.75 bits per heavy atom. The summed E-state index contributed by atoms with van der Waals surface area (Å²) in [6.07, 6.45) is 1.92. The van der Waals surface area contributed by atoms with Crippen molar-refractivity contribution in [3.05, 3.63) is 28.8 Å². The third-order valence-corrected chi connectivity index (χ3v) is 2.11. The van der Waals surface area contributed by atoms with E-state index in [1.54, 1.807) is 6.07 Å². The molecule has 1 rings (SSSR count). The Balaban J connectivity index is 2.96. The molecule has 0 N–H and O–H groups in total. The Kier molecular flexibility index (Phi) is 3.47. The van der Waals surface area contributed by atoms with E-state index in [9.17, 15) is 4.39 Å². The van der Waals surface area contributed by atoms with E-state index in [0.29, 0.717) is 17.0 Å². The van der Waals surface area contributed by atoms with Gasteiger partial charge in [-0.15, -0.1) is 0 Å². The largest absolute Gasteiger partial charge is 0.228 e. The lowest BCUT2D eigenvalue weighted by Crippen LogP contribution is -2.01. The molecule has 1 unspecified atom stereocenters. The fourth-order valence-electron chi connectivity index (χ4n) is 0.908. The standard InChI is InChI=1S/C8H8BrClFN/c1-5(9)4-6-7(10)2-3-12-8(6)11/h2-3,5H,4H2,1H3. The average Bonchev–Trinajstić information content (AvgIpc) is 1.97. The smallest absolute Gasteiger partial charge is 0.217 e. The SMILES string of the molecule is CC(Br)Cc1c(Cl)ccnc1F. The van der Waals surface area contributed by atoms with Crippen molar-refractivity contribution in [3.63, 3.8) is 0 Å². The lowest BCUT2D eigenvalue weighted by atomic mass is 10.2. The highest BCUT2D eigenvalue weighted by Crippen LogP contribution is 2.20. The fraction of sp³-hybridized carbons (Fsp3) is 0.375. The van der Waals surface area contributed by atoms with Crippen molar-refractivity contribution in [1.29, 1.82) is 0 Å². The van der Waals surface area contributed by atoms with Crippen molar-refractivity contribution in [2.75, 3.05) is 0 Å². The second-order valence-corrected chi connectivity index (χ2v) is 4.52. The molecular weight excluding hydrogens is 244 g/mol. The van der Waals surface area contributed by atoms with Gasteiger partial charge >= 0.3 is 0 Å². The Hall–Kier alpha value is -0.150. The van der Waals surface area contributed by atoms with Crippen LogP contribution in [0.5, 0.6) is 0 Å². The first-order valence-electron chi connectivity index (χ1n) is 3.54. The highest BCUT2D eigenvalue weighted by Gasteiger charge is 2.09. The molecule has 0 saturated heterocycles. The van der Waals surface area contributed by atoms with E-state index in [-0.39, 0.29) is 4.83 Å². The van der Waals surface area contributed by atoms with Crippen LogP contribution in [0.1, 0.15) is 12.5 Å². The minimum Gasteiger partial charge on any atom is -0.228 e. The van der Waals surface area contributed by atoms with E-state index < -0.39 is 5.95 Å². The predicted octanol–water partition coefficient (Wildman–Crippen LogP) is 3.20. The van der Waals surface area contributed by atoms with E-state index in [2.05, 4.69) is 20.9 Å². The van der Waals surface area contributed by atoms with E-state index in [0.717, 1.165) is 0 Å². The van der Waals surface area contributed by atoms with E-state index in [1.807, 2.05) is 6.92 Å². The van der Waals surface area contributed by atoms with Crippen LogP contribution in [0.2, 0.25) is 5.02 Å². The van der Waals surface area contributed by atoms with Crippen LogP contribution in [0.25, 0.3) is 0 Å². The minimum absolute atomic E-state index is 0.202. The molecule has 1 aromatic heterocycles. The van der Waals surface area contributed by atoms with Crippen LogP contribution in [0, 0.1) is 5.95 Å². The number of nitrogens with zero attached hydrogens (tertiary/aromatic N) is 1. The zero-order valence-electron chi connectivity index (χ0n) is 6.52. The Bertz CT molecular complexity index is 258. The molecule has 0 aliphatic rings. The van der Waals surface area contributed by atoms with Crippen LogP contribution in [0.3, 0.4) is 0 Å². The molecule has 1 atom stereocenters. The first-order chi connectivity index (χ1) is 5.61. The number of rotatable bonds is 2. The van der Waals surface area contributed by atoms with Gasteiger partial charge < -0.3 is 0 Å². The molecule has 1 nitrogen and oxygen atoms in total. The average molecular weight is 253 g/mol. The van der Waals surface area contributed by atoms with Crippen molar-refractivity contribution in [2.45, 2.75) is 18.2 Å². The monoisotopic (exact) mass is 251 g/mol. The Morgan fingerprint density at radius 3 is 2.92 bits per heavy atom. The molecule has 1 heterocycles. The van der Waals surface area contributed by atoms with Crippen molar-refractivity contribution in [3.8, 4) is 0 Å². The zero-order valence-corrected chi connectivity index (χ0v) is 8.86. The summed E-state index contributed by atoms with van der Waals surface area (Å²) in [6.45, 7) is 1.93. The first kappa shape index (κ1) is 9.93. The third-order valence-electron chi connectivity index (χ3n) is 1.43. The second kappa shape index (κ2) is 4.19. The number of hydrogen-bond donors (Lipinski definition) is 0. The van der Waals surface area contributed by atoms with Gasteiger partial charge in [-0.25, -0.2) is 4.98 Å². The van der Waals surface area contributed by atoms with Gasteiger partial charge in [0, 0.05) is 21.6 Å². The molecule has 0 aromatic carbocycles. The van der Waals surface area contributed by atoms with Gasteiger partial charge in [-0.1, -0.05) is 34.5 Å². The van der Waals surface area contributed by atoms with Crippen LogP contribution in [-0.4, -0.2) is 9.81 Å². The number of pyridine rings is 1. The van der Waals surface area contributed by atoms with Gasteiger partial charge in [0.25, 0.3) is 0 Å². The summed E-state index contributed by atoms with van der Waals surface area (Å²) in [4.78, 5) is 3.72. The molecule has 66 valence electrons. The summed E-state index contributed by atoms with van der Waals surface area (Å²) in [5.41, 5.74) is 0.476. The molecule has 12 heavy (non-hydrogen) atoms. The second-order valence-electron chi connectivity index (χ2n) is 2.55. The normalized spacial score (nSPS) is 13.0. The van der Waals surface area contributed by atoms with Crippen molar-refractivity contribution >= 4 is 27.5 Å². The van der Waals surface area contributed by atoms with E-state index in [4.69, 9.17) is 11.6 Å². The van der Waals surface area contributed by atoms with Crippen LogP contribution < -0.4 is 0 Å². The summed E-state index contributed by atoms with van der Waals surface area (Å²) in [6, 6.07) is 1.59. The highest BCUT2D eigenvalue weighted by molar-refractivity contribution is 9.09. The van der Waals surface area contributed by atoms with Crippen molar-refractivity contribution in [2.24, 2.45) is 0 Å². The highest BCUT2D eigenvalue weighted by atomic mass is 79.9. The van der Waals surface area contributed by atoms with Gasteiger partial charge in [-0.3, -0.25) is 0 Å². The van der Waals surface area contributed by atoms with Crippen LogP contribution in [0.15, 0.2) is 12.3 Å². The molecule has 0 fully saturated rings. The molecule has 4 heteroatoms. The van der Waals surface area contributed by atoms with Crippen LogP contribution >= 0.6 is 27.5 Å². The zero-order chi connectivity index (χ0) is 9.14.